The molecule has 1 aromatic carbocycles. The summed E-state index contributed by atoms with van der Waals surface area (Å²) in [5.74, 6) is 0.613. The lowest BCUT2D eigenvalue weighted by atomic mass is 10.1. The minimum absolute atomic E-state index is 0.272. The number of ether oxygens (including phenoxy) is 1. The van der Waals surface area contributed by atoms with E-state index >= 15 is 0 Å². The van der Waals surface area contributed by atoms with Crippen LogP contribution < -0.4 is 15.4 Å². The molecule has 0 fully saturated rings. The molecule has 1 aromatic heterocycles. The van der Waals surface area contributed by atoms with E-state index in [1.807, 2.05) is 13.2 Å². The predicted molar refractivity (Wildman–Crippen MR) is 103 cm³/mol. The van der Waals surface area contributed by atoms with Crippen LogP contribution in [0.5, 0.6) is 5.75 Å². The Morgan fingerprint density at radius 3 is 2.76 bits per heavy atom. The molecule has 1 atom stereocenters. The Morgan fingerprint density at radius 1 is 1.36 bits per heavy atom. The molecule has 2 N–H and O–H groups in total. The van der Waals surface area contributed by atoms with E-state index in [1.165, 1.54) is 18.4 Å². The van der Waals surface area contributed by atoms with Gasteiger partial charge >= 0.3 is 0 Å². The van der Waals surface area contributed by atoms with E-state index in [1.54, 1.807) is 42.2 Å². The first-order valence-corrected chi connectivity index (χ1v) is 9.92. The third-order valence-electron chi connectivity index (χ3n) is 3.44. The number of para-hydroxylation sites is 1. The van der Waals surface area contributed by atoms with Gasteiger partial charge in [0.1, 0.15) is 11.8 Å². The van der Waals surface area contributed by atoms with Gasteiger partial charge in [-0.3, -0.25) is 9.59 Å². The molecule has 1 heterocycles. The summed E-state index contributed by atoms with van der Waals surface area (Å²) >= 11 is 3.02. The van der Waals surface area contributed by atoms with E-state index in [0.29, 0.717) is 22.9 Å². The van der Waals surface area contributed by atoms with Gasteiger partial charge in [0.15, 0.2) is 5.13 Å². The lowest BCUT2D eigenvalue weighted by Crippen LogP contribution is -2.44. The Morgan fingerprint density at radius 2 is 2.12 bits per heavy atom. The molecule has 0 saturated carbocycles. The van der Waals surface area contributed by atoms with Crippen LogP contribution in [0.1, 0.15) is 21.7 Å². The number of aromatic nitrogens is 1. The number of carbonyl (C=O) groups excluding carboxylic acids is 2. The highest BCUT2D eigenvalue weighted by atomic mass is 32.2. The molecule has 0 bridgehead atoms. The van der Waals surface area contributed by atoms with E-state index in [4.69, 9.17) is 4.74 Å². The molecule has 25 heavy (non-hydrogen) atoms. The normalized spacial score (nSPS) is 11.6. The fourth-order valence-corrected chi connectivity index (χ4v) is 3.32. The summed E-state index contributed by atoms with van der Waals surface area (Å²) in [7, 11) is 1.51. The van der Waals surface area contributed by atoms with Crippen LogP contribution >= 0.6 is 23.1 Å². The number of hydrogen-bond acceptors (Lipinski definition) is 6. The van der Waals surface area contributed by atoms with E-state index in [-0.39, 0.29) is 11.8 Å². The van der Waals surface area contributed by atoms with E-state index in [0.717, 1.165) is 10.6 Å². The fraction of sp³-hybridized carbons (Fsp3) is 0.353. The molecule has 2 rings (SSSR count). The highest BCUT2D eigenvalue weighted by molar-refractivity contribution is 7.98. The second-order valence-electron chi connectivity index (χ2n) is 5.27. The van der Waals surface area contributed by atoms with Crippen molar-refractivity contribution in [2.45, 2.75) is 19.4 Å². The number of thioether (sulfide) groups is 1. The summed E-state index contributed by atoms with van der Waals surface area (Å²) in [6.07, 6.45) is 4.18. The van der Waals surface area contributed by atoms with Gasteiger partial charge in [0.25, 0.3) is 5.91 Å². The number of benzene rings is 1. The zero-order valence-corrected chi connectivity index (χ0v) is 16.0. The van der Waals surface area contributed by atoms with Gasteiger partial charge < -0.3 is 15.4 Å². The van der Waals surface area contributed by atoms with Gasteiger partial charge in [0, 0.05) is 11.1 Å². The van der Waals surface area contributed by atoms with Crippen LogP contribution in [0.15, 0.2) is 30.5 Å². The second kappa shape index (κ2) is 9.43. The maximum Gasteiger partial charge on any atom is 0.255 e. The summed E-state index contributed by atoms with van der Waals surface area (Å²) < 4.78 is 5.21. The Labute approximate surface area is 155 Å². The Kier molecular flexibility index (Phi) is 7.27. The van der Waals surface area contributed by atoms with Gasteiger partial charge in [0.2, 0.25) is 5.91 Å². The molecule has 0 aliphatic carbocycles. The molecule has 6 nitrogen and oxygen atoms in total. The highest BCUT2D eigenvalue weighted by Gasteiger charge is 2.23. The zero-order chi connectivity index (χ0) is 18.2. The number of amides is 2. The zero-order valence-electron chi connectivity index (χ0n) is 14.4. The van der Waals surface area contributed by atoms with Gasteiger partial charge in [-0.05, 0) is 37.5 Å². The third-order valence-corrected chi connectivity index (χ3v) is 4.91. The standard InChI is InChI=1S/C17H21N3O3S2/c1-11-10-18-17(25-11)20-16(22)13(8-9-24-3)19-15(21)12-6-4-5-7-14(12)23-2/h4-7,10,13H,8-9H2,1-3H3,(H,19,21)(H,18,20,22)/t13-/m1/s1. The average Bonchev–Trinajstić information content (AvgIpc) is 3.02. The summed E-state index contributed by atoms with van der Waals surface area (Å²) in [4.78, 5) is 30.3. The number of aryl methyl sites for hydroxylation is 1. The minimum Gasteiger partial charge on any atom is -0.496 e. The number of thiazole rings is 1. The molecule has 0 spiro atoms. The van der Waals surface area contributed by atoms with Crippen molar-refractivity contribution in [3.05, 3.63) is 40.9 Å². The molecule has 2 amide bonds. The van der Waals surface area contributed by atoms with Crippen molar-refractivity contribution >= 4 is 40.0 Å². The summed E-state index contributed by atoms with van der Waals surface area (Å²) in [6.45, 7) is 1.92. The first-order chi connectivity index (χ1) is 12.0. The van der Waals surface area contributed by atoms with Crippen molar-refractivity contribution in [2.75, 3.05) is 24.4 Å². The van der Waals surface area contributed by atoms with Crippen molar-refractivity contribution in [3.63, 3.8) is 0 Å². The largest absolute Gasteiger partial charge is 0.496 e. The second-order valence-corrected chi connectivity index (χ2v) is 7.49. The SMILES string of the molecule is COc1ccccc1C(=O)N[C@H](CCSC)C(=O)Nc1ncc(C)s1. The van der Waals surface area contributed by atoms with Gasteiger partial charge in [-0.15, -0.1) is 11.3 Å². The van der Waals surface area contributed by atoms with Crippen LogP contribution in [0.4, 0.5) is 5.13 Å². The van der Waals surface area contributed by atoms with E-state index < -0.39 is 6.04 Å². The van der Waals surface area contributed by atoms with Crippen molar-refractivity contribution < 1.29 is 14.3 Å². The molecule has 0 unspecified atom stereocenters. The van der Waals surface area contributed by atoms with Crippen LogP contribution in [0.2, 0.25) is 0 Å². The smallest absolute Gasteiger partial charge is 0.255 e. The molecular weight excluding hydrogens is 358 g/mol. The van der Waals surface area contributed by atoms with Crippen LogP contribution in [0.3, 0.4) is 0 Å². The van der Waals surface area contributed by atoms with Gasteiger partial charge in [-0.2, -0.15) is 11.8 Å². The average molecular weight is 380 g/mol. The summed E-state index contributed by atoms with van der Waals surface area (Å²) in [6, 6.07) is 6.28. The van der Waals surface area contributed by atoms with Crippen molar-refractivity contribution in [2.24, 2.45) is 0 Å². The molecule has 0 aliphatic heterocycles. The molecule has 8 heteroatoms. The van der Waals surface area contributed by atoms with Crippen LogP contribution in [0.25, 0.3) is 0 Å². The van der Waals surface area contributed by atoms with Crippen LogP contribution in [-0.2, 0) is 4.79 Å². The number of methoxy groups -OCH3 is 1. The van der Waals surface area contributed by atoms with Crippen molar-refractivity contribution in [1.82, 2.24) is 10.3 Å². The number of rotatable bonds is 8. The Hall–Kier alpha value is -2.06. The number of anilines is 1. The molecule has 0 aliphatic rings. The van der Waals surface area contributed by atoms with Crippen molar-refractivity contribution in [3.8, 4) is 5.75 Å². The number of nitrogens with one attached hydrogen (secondary N) is 2. The maximum absolute atomic E-state index is 12.6. The first-order valence-electron chi connectivity index (χ1n) is 7.71. The fourth-order valence-electron chi connectivity index (χ4n) is 2.18. The topological polar surface area (TPSA) is 80.3 Å². The third kappa shape index (κ3) is 5.47. The van der Waals surface area contributed by atoms with Crippen molar-refractivity contribution in [1.29, 1.82) is 0 Å². The molecular formula is C17H21N3O3S2. The van der Waals surface area contributed by atoms with Crippen LogP contribution in [-0.4, -0.2) is 42.0 Å². The summed E-state index contributed by atoms with van der Waals surface area (Å²) in [5, 5.41) is 6.10. The number of hydrogen-bond donors (Lipinski definition) is 2. The Bertz CT molecular complexity index is 733. The highest BCUT2D eigenvalue weighted by Crippen LogP contribution is 2.19. The Balaban J connectivity index is 2.10. The van der Waals surface area contributed by atoms with Gasteiger partial charge in [0.05, 0.1) is 12.7 Å². The molecule has 0 saturated heterocycles. The quantitative estimate of drug-likeness (QED) is 0.737. The molecule has 2 aromatic rings. The molecule has 134 valence electrons. The summed E-state index contributed by atoms with van der Waals surface area (Å²) in [5.41, 5.74) is 0.400. The number of carbonyl (C=O) groups is 2. The monoisotopic (exact) mass is 379 g/mol. The minimum atomic E-state index is -0.644. The predicted octanol–water partition coefficient (Wildman–Crippen LogP) is 2.95. The van der Waals surface area contributed by atoms with E-state index in [2.05, 4.69) is 15.6 Å². The lowest BCUT2D eigenvalue weighted by molar-refractivity contribution is -0.118. The maximum atomic E-state index is 12.6. The van der Waals surface area contributed by atoms with Gasteiger partial charge in [-0.1, -0.05) is 12.1 Å². The van der Waals surface area contributed by atoms with Gasteiger partial charge in [-0.25, -0.2) is 4.98 Å². The van der Waals surface area contributed by atoms with Crippen LogP contribution in [0, 0.1) is 6.92 Å². The molecule has 0 radical (unpaired) electrons. The first kappa shape index (κ1) is 19.3. The lowest BCUT2D eigenvalue weighted by Gasteiger charge is -2.18. The number of nitrogens with zero attached hydrogens (tertiary/aromatic N) is 1. The van der Waals surface area contributed by atoms with E-state index in [9.17, 15) is 9.59 Å².